The van der Waals surface area contributed by atoms with Gasteiger partial charge in [0.05, 0.1) is 11.6 Å². The molecule has 21 heavy (non-hydrogen) atoms. The van der Waals surface area contributed by atoms with Crippen LogP contribution in [0, 0.1) is 12.7 Å². The molecule has 2 aromatic rings. The number of alkyl halides is 3. The Hall–Kier alpha value is -1.88. The molecule has 0 heterocycles. The van der Waals surface area contributed by atoms with Crippen molar-refractivity contribution in [2.45, 2.75) is 19.1 Å². The van der Waals surface area contributed by atoms with Crippen molar-refractivity contribution in [2.75, 3.05) is 7.05 Å². The molecule has 0 saturated carbocycles. The molecule has 0 bridgehead atoms. The maximum Gasteiger partial charge on any atom is 0.416 e. The monoisotopic (exact) mass is 297 g/mol. The molecule has 0 aliphatic carbocycles. The van der Waals surface area contributed by atoms with E-state index in [9.17, 15) is 17.6 Å². The summed E-state index contributed by atoms with van der Waals surface area (Å²) in [7, 11) is 1.58. The number of nitrogens with one attached hydrogen (secondary N) is 1. The molecule has 5 heteroatoms. The average molecular weight is 297 g/mol. The zero-order valence-corrected chi connectivity index (χ0v) is 11.6. The summed E-state index contributed by atoms with van der Waals surface area (Å²) >= 11 is 0. The molecule has 0 radical (unpaired) electrons. The van der Waals surface area contributed by atoms with Gasteiger partial charge in [-0.25, -0.2) is 4.39 Å². The van der Waals surface area contributed by atoms with Gasteiger partial charge in [-0.3, -0.25) is 0 Å². The third-order valence-corrected chi connectivity index (χ3v) is 3.38. The third-order valence-electron chi connectivity index (χ3n) is 3.38. The Bertz CT molecular complexity index is 634. The van der Waals surface area contributed by atoms with Gasteiger partial charge in [-0.2, -0.15) is 13.2 Å². The van der Waals surface area contributed by atoms with Crippen molar-refractivity contribution in [2.24, 2.45) is 0 Å². The predicted molar refractivity (Wildman–Crippen MR) is 73.5 cm³/mol. The van der Waals surface area contributed by atoms with E-state index in [1.165, 1.54) is 24.3 Å². The second-order valence-corrected chi connectivity index (χ2v) is 4.82. The molecule has 0 aromatic heterocycles. The van der Waals surface area contributed by atoms with Crippen LogP contribution in [0.4, 0.5) is 17.6 Å². The lowest BCUT2D eigenvalue weighted by Gasteiger charge is -2.22. The molecule has 1 unspecified atom stereocenters. The van der Waals surface area contributed by atoms with E-state index in [2.05, 4.69) is 5.32 Å². The highest BCUT2D eigenvalue weighted by Crippen LogP contribution is 2.36. The van der Waals surface area contributed by atoms with Crippen LogP contribution in [0.1, 0.15) is 28.3 Å². The summed E-state index contributed by atoms with van der Waals surface area (Å²) in [4.78, 5) is 0. The van der Waals surface area contributed by atoms with E-state index in [1.807, 2.05) is 0 Å². The summed E-state index contributed by atoms with van der Waals surface area (Å²) in [5, 5.41) is 2.87. The van der Waals surface area contributed by atoms with Crippen LogP contribution in [-0.4, -0.2) is 7.05 Å². The zero-order chi connectivity index (χ0) is 15.6. The van der Waals surface area contributed by atoms with Crippen molar-refractivity contribution in [1.29, 1.82) is 0 Å². The maximum absolute atomic E-state index is 13.3. The minimum Gasteiger partial charge on any atom is -0.309 e. The van der Waals surface area contributed by atoms with Gasteiger partial charge >= 0.3 is 6.18 Å². The summed E-state index contributed by atoms with van der Waals surface area (Å²) in [6.45, 7) is 1.58. The first-order chi connectivity index (χ1) is 9.84. The Morgan fingerprint density at radius 3 is 2.29 bits per heavy atom. The van der Waals surface area contributed by atoms with Crippen LogP contribution >= 0.6 is 0 Å². The van der Waals surface area contributed by atoms with E-state index in [0.717, 1.165) is 6.07 Å². The van der Waals surface area contributed by atoms with Gasteiger partial charge in [0.25, 0.3) is 0 Å². The summed E-state index contributed by atoms with van der Waals surface area (Å²) in [6, 6.07) is 9.08. The lowest BCUT2D eigenvalue weighted by atomic mass is 9.93. The molecule has 0 fully saturated rings. The summed E-state index contributed by atoms with van der Waals surface area (Å²) in [5.74, 6) is -0.377. The predicted octanol–water partition coefficient (Wildman–Crippen LogP) is 4.46. The minimum absolute atomic E-state index is 0.124. The van der Waals surface area contributed by atoms with Crippen molar-refractivity contribution in [1.82, 2.24) is 5.32 Å². The molecule has 0 aliphatic heterocycles. The van der Waals surface area contributed by atoms with Gasteiger partial charge in [-0.1, -0.05) is 30.3 Å². The standard InChI is InChI=1S/C16H15F4N/c1-10-9-11(7-8-14(10)17)15(21-2)12-5-3-4-6-13(12)16(18,19)20/h3-9,15,21H,1-2H3. The van der Waals surface area contributed by atoms with Gasteiger partial charge < -0.3 is 5.32 Å². The Morgan fingerprint density at radius 2 is 1.71 bits per heavy atom. The number of rotatable bonds is 3. The van der Waals surface area contributed by atoms with Crippen molar-refractivity contribution in [3.63, 3.8) is 0 Å². The fourth-order valence-corrected chi connectivity index (χ4v) is 2.36. The molecule has 1 N–H and O–H groups in total. The van der Waals surface area contributed by atoms with E-state index in [1.54, 1.807) is 26.1 Å². The maximum atomic E-state index is 13.3. The topological polar surface area (TPSA) is 12.0 Å². The highest BCUT2D eigenvalue weighted by atomic mass is 19.4. The first-order valence-corrected chi connectivity index (χ1v) is 6.44. The van der Waals surface area contributed by atoms with Gasteiger partial charge in [0.15, 0.2) is 0 Å². The Labute approximate surface area is 120 Å². The van der Waals surface area contributed by atoms with Crippen molar-refractivity contribution >= 4 is 0 Å². The lowest BCUT2D eigenvalue weighted by molar-refractivity contribution is -0.138. The quantitative estimate of drug-likeness (QED) is 0.825. The number of aryl methyl sites for hydroxylation is 1. The molecule has 0 saturated heterocycles. The Morgan fingerprint density at radius 1 is 1.05 bits per heavy atom. The summed E-state index contributed by atoms with van der Waals surface area (Å²) in [5.41, 5.74) is 0.426. The summed E-state index contributed by atoms with van der Waals surface area (Å²) in [6.07, 6.45) is -4.43. The second kappa shape index (κ2) is 5.85. The van der Waals surface area contributed by atoms with E-state index in [4.69, 9.17) is 0 Å². The Balaban J connectivity index is 2.54. The largest absolute Gasteiger partial charge is 0.416 e. The van der Waals surface area contributed by atoms with Crippen LogP contribution in [0.2, 0.25) is 0 Å². The van der Waals surface area contributed by atoms with Gasteiger partial charge in [0.1, 0.15) is 5.82 Å². The van der Waals surface area contributed by atoms with Gasteiger partial charge in [-0.05, 0) is 42.8 Å². The van der Waals surface area contributed by atoms with Gasteiger partial charge in [-0.15, -0.1) is 0 Å². The van der Waals surface area contributed by atoms with Gasteiger partial charge in [0.2, 0.25) is 0 Å². The normalized spacial score (nSPS) is 13.2. The molecule has 0 aliphatic rings. The van der Waals surface area contributed by atoms with Crippen LogP contribution in [0.5, 0.6) is 0 Å². The molecule has 1 atom stereocenters. The lowest BCUT2D eigenvalue weighted by Crippen LogP contribution is -2.22. The number of halogens is 4. The fraction of sp³-hybridized carbons (Fsp3) is 0.250. The molecule has 1 nitrogen and oxygen atoms in total. The molecular weight excluding hydrogens is 282 g/mol. The third kappa shape index (κ3) is 3.24. The van der Waals surface area contributed by atoms with E-state index in [-0.39, 0.29) is 11.4 Å². The molecule has 2 rings (SSSR count). The van der Waals surface area contributed by atoms with E-state index < -0.39 is 17.8 Å². The number of benzene rings is 2. The van der Waals surface area contributed by atoms with Crippen LogP contribution in [0.15, 0.2) is 42.5 Å². The highest BCUT2D eigenvalue weighted by Gasteiger charge is 2.35. The molecular formula is C16H15F4N. The van der Waals surface area contributed by atoms with Crippen molar-refractivity contribution < 1.29 is 17.6 Å². The van der Waals surface area contributed by atoms with Crippen molar-refractivity contribution in [3.05, 3.63) is 70.5 Å². The minimum atomic E-state index is -4.43. The SMILES string of the molecule is CNC(c1ccc(F)c(C)c1)c1ccccc1C(F)(F)F. The van der Waals surface area contributed by atoms with Crippen LogP contribution in [0.25, 0.3) is 0 Å². The first-order valence-electron chi connectivity index (χ1n) is 6.44. The molecule has 0 amide bonds. The second-order valence-electron chi connectivity index (χ2n) is 4.82. The van der Waals surface area contributed by atoms with Crippen LogP contribution < -0.4 is 5.32 Å². The molecule has 112 valence electrons. The van der Waals surface area contributed by atoms with Crippen LogP contribution in [-0.2, 0) is 6.18 Å². The Kier molecular flexibility index (Phi) is 4.32. The zero-order valence-electron chi connectivity index (χ0n) is 11.6. The van der Waals surface area contributed by atoms with E-state index in [0.29, 0.717) is 11.1 Å². The van der Waals surface area contributed by atoms with Gasteiger partial charge in [0, 0.05) is 0 Å². The number of hydrogen-bond acceptors (Lipinski definition) is 1. The summed E-state index contributed by atoms with van der Waals surface area (Å²) < 4.78 is 52.7. The fourth-order valence-electron chi connectivity index (χ4n) is 2.36. The molecule has 2 aromatic carbocycles. The number of hydrogen-bond donors (Lipinski definition) is 1. The van der Waals surface area contributed by atoms with Crippen LogP contribution in [0.3, 0.4) is 0 Å². The van der Waals surface area contributed by atoms with E-state index >= 15 is 0 Å². The molecule has 0 spiro atoms. The first kappa shape index (κ1) is 15.5. The highest BCUT2D eigenvalue weighted by molar-refractivity contribution is 5.40. The average Bonchev–Trinajstić information content (AvgIpc) is 2.43. The van der Waals surface area contributed by atoms with Crippen molar-refractivity contribution in [3.8, 4) is 0 Å². The smallest absolute Gasteiger partial charge is 0.309 e.